The van der Waals surface area contributed by atoms with Crippen LogP contribution in [0.25, 0.3) is 0 Å². The summed E-state index contributed by atoms with van der Waals surface area (Å²) in [4.78, 5) is 2.32. The lowest BCUT2D eigenvalue weighted by molar-refractivity contribution is 0.0784. The molecule has 1 aliphatic rings. The molecule has 0 bridgehead atoms. The molecule has 0 spiro atoms. The lowest BCUT2D eigenvalue weighted by atomic mass is 10.1. The normalized spacial score (nSPS) is 23.2. The van der Waals surface area contributed by atoms with Crippen molar-refractivity contribution in [3.63, 3.8) is 0 Å². The smallest absolute Gasteiger partial charge is 0.111 e. The van der Waals surface area contributed by atoms with Gasteiger partial charge in [0.25, 0.3) is 0 Å². The van der Waals surface area contributed by atoms with E-state index in [0.29, 0.717) is 12.1 Å². The van der Waals surface area contributed by atoms with Crippen molar-refractivity contribution < 1.29 is 4.74 Å². The van der Waals surface area contributed by atoms with Crippen molar-refractivity contribution >= 4 is 0 Å². The SMILES string of the molecule is CC(C)N(C)CC1CCC=CO1. The van der Waals surface area contributed by atoms with Gasteiger partial charge in [-0.3, -0.25) is 0 Å². The van der Waals surface area contributed by atoms with Gasteiger partial charge in [0.15, 0.2) is 0 Å². The van der Waals surface area contributed by atoms with Gasteiger partial charge in [-0.05, 0) is 39.8 Å². The molecule has 70 valence electrons. The van der Waals surface area contributed by atoms with Crippen LogP contribution >= 0.6 is 0 Å². The van der Waals surface area contributed by atoms with Crippen LogP contribution in [0.1, 0.15) is 26.7 Å². The molecule has 1 heterocycles. The zero-order valence-corrected chi connectivity index (χ0v) is 8.29. The Morgan fingerprint density at radius 3 is 2.83 bits per heavy atom. The van der Waals surface area contributed by atoms with Crippen LogP contribution in [0, 0.1) is 0 Å². The van der Waals surface area contributed by atoms with Gasteiger partial charge in [0.1, 0.15) is 6.10 Å². The largest absolute Gasteiger partial charge is 0.497 e. The highest BCUT2D eigenvalue weighted by Gasteiger charge is 2.14. The Morgan fingerprint density at radius 1 is 1.58 bits per heavy atom. The molecule has 0 aromatic rings. The van der Waals surface area contributed by atoms with Crippen molar-refractivity contribution in [3.8, 4) is 0 Å². The highest BCUT2D eigenvalue weighted by Crippen LogP contribution is 2.11. The molecule has 0 saturated carbocycles. The van der Waals surface area contributed by atoms with E-state index in [1.54, 1.807) is 0 Å². The number of ether oxygens (including phenoxy) is 1. The van der Waals surface area contributed by atoms with E-state index in [2.05, 4.69) is 31.9 Å². The monoisotopic (exact) mass is 169 g/mol. The van der Waals surface area contributed by atoms with E-state index in [4.69, 9.17) is 4.74 Å². The molecule has 0 radical (unpaired) electrons. The van der Waals surface area contributed by atoms with Crippen molar-refractivity contribution in [3.05, 3.63) is 12.3 Å². The first kappa shape index (κ1) is 9.59. The minimum absolute atomic E-state index is 0.405. The summed E-state index contributed by atoms with van der Waals surface area (Å²) in [5.74, 6) is 0. The average Bonchev–Trinajstić information content (AvgIpc) is 2.06. The number of likely N-dealkylation sites (N-methyl/N-ethyl adjacent to an activating group) is 1. The predicted octanol–water partition coefficient (Wildman–Crippen LogP) is 2.02. The number of nitrogens with zero attached hydrogens (tertiary/aromatic N) is 1. The van der Waals surface area contributed by atoms with E-state index in [9.17, 15) is 0 Å². The Hall–Kier alpha value is -0.500. The molecule has 1 aliphatic heterocycles. The molecule has 0 saturated heterocycles. The van der Waals surface area contributed by atoms with E-state index in [0.717, 1.165) is 19.4 Å². The van der Waals surface area contributed by atoms with E-state index < -0.39 is 0 Å². The number of hydrogen-bond acceptors (Lipinski definition) is 2. The second-order valence-electron chi connectivity index (χ2n) is 3.74. The minimum Gasteiger partial charge on any atom is -0.497 e. The van der Waals surface area contributed by atoms with Crippen LogP contribution in [-0.4, -0.2) is 30.6 Å². The minimum atomic E-state index is 0.405. The summed E-state index contributed by atoms with van der Waals surface area (Å²) in [5.41, 5.74) is 0. The molecule has 0 amide bonds. The van der Waals surface area contributed by atoms with Gasteiger partial charge in [0.05, 0.1) is 6.26 Å². The fourth-order valence-electron chi connectivity index (χ4n) is 1.25. The molecule has 12 heavy (non-hydrogen) atoms. The third-order valence-corrected chi connectivity index (χ3v) is 2.40. The predicted molar refractivity (Wildman–Crippen MR) is 51.0 cm³/mol. The molecule has 0 N–H and O–H groups in total. The third kappa shape index (κ3) is 2.86. The van der Waals surface area contributed by atoms with Crippen molar-refractivity contribution in [1.29, 1.82) is 0 Å². The van der Waals surface area contributed by atoms with Crippen LogP contribution in [0.3, 0.4) is 0 Å². The number of rotatable bonds is 3. The first-order valence-corrected chi connectivity index (χ1v) is 4.71. The van der Waals surface area contributed by atoms with E-state index in [-0.39, 0.29) is 0 Å². The third-order valence-electron chi connectivity index (χ3n) is 2.40. The molecule has 1 atom stereocenters. The maximum Gasteiger partial charge on any atom is 0.111 e. The topological polar surface area (TPSA) is 12.5 Å². The van der Waals surface area contributed by atoms with Crippen LogP contribution < -0.4 is 0 Å². The molecular weight excluding hydrogens is 150 g/mol. The molecule has 1 rings (SSSR count). The van der Waals surface area contributed by atoms with Gasteiger partial charge in [0.2, 0.25) is 0 Å². The van der Waals surface area contributed by atoms with Gasteiger partial charge in [-0.25, -0.2) is 0 Å². The summed E-state index contributed by atoms with van der Waals surface area (Å²) < 4.78 is 5.48. The van der Waals surface area contributed by atoms with Crippen LogP contribution in [0.5, 0.6) is 0 Å². The molecule has 0 aliphatic carbocycles. The lowest BCUT2D eigenvalue weighted by Gasteiger charge is -2.27. The lowest BCUT2D eigenvalue weighted by Crippen LogP contribution is -2.35. The molecule has 2 nitrogen and oxygen atoms in total. The Labute approximate surface area is 75.2 Å². The van der Waals surface area contributed by atoms with Crippen LogP contribution in [0.2, 0.25) is 0 Å². The summed E-state index contributed by atoms with van der Waals surface area (Å²) >= 11 is 0. The molecular formula is C10H19NO. The summed E-state index contributed by atoms with van der Waals surface area (Å²) in [6.45, 7) is 5.46. The standard InChI is InChI=1S/C10H19NO/c1-9(2)11(3)8-10-6-4-5-7-12-10/h5,7,9-10H,4,6,8H2,1-3H3. The molecule has 0 aromatic heterocycles. The average molecular weight is 169 g/mol. The zero-order valence-electron chi connectivity index (χ0n) is 8.29. The molecule has 1 unspecified atom stereocenters. The van der Waals surface area contributed by atoms with Crippen molar-refractivity contribution in [1.82, 2.24) is 4.90 Å². The van der Waals surface area contributed by atoms with Crippen molar-refractivity contribution in [2.45, 2.75) is 38.8 Å². The summed E-state index contributed by atoms with van der Waals surface area (Å²) in [7, 11) is 2.15. The Bertz CT molecular complexity index is 154. The summed E-state index contributed by atoms with van der Waals surface area (Å²) in [6, 6.07) is 0.611. The molecule has 0 fully saturated rings. The summed E-state index contributed by atoms with van der Waals surface area (Å²) in [6.07, 6.45) is 6.65. The van der Waals surface area contributed by atoms with E-state index >= 15 is 0 Å². The Balaban J connectivity index is 2.25. The fraction of sp³-hybridized carbons (Fsp3) is 0.800. The zero-order chi connectivity index (χ0) is 8.97. The van der Waals surface area contributed by atoms with Gasteiger partial charge in [0, 0.05) is 12.6 Å². The fourth-order valence-corrected chi connectivity index (χ4v) is 1.25. The number of allylic oxidation sites excluding steroid dienone is 1. The highest BCUT2D eigenvalue weighted by atomic mass is 16.5. The van der Waals surface area contributed by atoms with Gasteiger partial charge in [-0.2, -0.15) is 0 Å². The Morgan fingerprint density at radius 2 is 2.33 bits per heavy atom. The highest BCUT2D eigenvalue weighted by molar-refractivity contribution is 4.83. The van der Waals surface area contributed by atoms with Crippen molar-refractivity contribution in [2.24, 2.45) is 0 Å². The van der Waals surface area contributed by atoms with Crippen LogP contribution in [0.15, 0.2) is 12.3 Å². The van der Waals surface area contributed by atoms with E-state index in [1.807, 2.05) is 6.26 Å². The van der Waals surface area contributed by atoms with Gasteiger partial charge < -0.3 is 9.64 Å². The van der Waals surface area contributed by atoms with Crippen LogP contribution in [-0.2, 0) is 4.74 Å². The second kappa shape index (κ2) is 4.51. The van der Waals surface area contributed by atoms with Crippen molar-refractivity contribution in [2.75, 3.05) is 13.6 Å². The van der Waals surface area contributed by atoms with Gasteiger partial charge in [-0.15, -0.1) is 0 Å². The van der Waals surface area contributed by atoms with Crippen LogP contribution in [0.4, 0.5) is 0 Å². The first-order chi connectivity index (χ1) is 5.70. The van der Waals surface area contributed by atoms with Gasteiger partial charge in [-0.1, -0.05) is 0 Å². The number of hydrogen-bond donors (Lipinski definition) is 0. The second-order valence-corrected chi connectivity index (χ2v) is 3.74. The van der Waals surface area contributed by atoms with E-state index in [1.165, 1.54) is 0 Å². The molecule has 2 heteroatoms. The maximum absolute atomic E-state index is 5.48. The first-order valence-electron chi connectivity index (χ1n) is 4.71. The molecule has 0 aromatic carbocycles. The summed E-state index contributed by atoms with van der Waals surface area (Å²) in [5, 5.41) is 0. The maximum atomic E-state index is 5.48. The Kier molecular flexibility index (Phi) is 3.60. The quantitative estimate of drug-likeness (QED) is 0.641. The van der Waals surface area contributed by atoms with Gasteiger partial charge >= 0.3 is 0 Å².